The number of amides is 1. The molecule has 104 valence electrons. The normalized spacial score (nSPS) is 16.2. The van der Waals surface area contributed by atoms with Crippen LogP contribution >= 0.6 is 0 Å². The molecule has 1 fully saturated rings. The molecule has 1 aromatic rings. The Kier molecular flexibility index (Phi) is 3.39. The number of hydrogen-bond donors (Lipinski definition) is 3. The van der Waals surface area contributed by atoms with E-state index in [-0.39, 0.29) is 17.0 Å². The maximum atomic E-state index is 12.2. The van der Waals surface area contributed by atoms with Crippen molar-refractivity contribution in [2.45, 2.75) is 40.0 Å². The summed E-state index contributed by atoms with van der Waals surface area (Å²) in [6.45, 7) is 6.19. The van der Waals surface area contributed by atoms with Crippen molar-refractivity contribution in [1.29, 1.82) is 0 Å². The van der Waals surface area contributed by atoms with E-state index >= 15 is 0 Å². The standard InChI is InChI=1S/C14H20N2O3/c1-4-14(5-6-14)7-15-12(17)10-8(2)11(13(18)19)16-9(10)3/h16H,4-7H2,1-3H3,(H,15,17)(H,18,19). The van der Waals surface area contributed by atoms with Crippen LogP contribution in [0.3, 0.4) is 0 Å². The Morgan fingerprint density at radius 1 is 1.37 bits per heavy atom. The minimum atomic E-state index is -1.04. The van der Waals surface area contributed by atoms with Gasteiger partial charge in [0, 0.05) is 12.2 Å². The average molecular weight is 264 g/mol. The topological polar surface area (TPSA) is 82.2 Å². The van der Waals surface area contributed by atoms with E-state index in [1.165, 1.54) is 0 Å². The molecule has 0 aromatic carbocycles. The summed E-state index contributed by atoms with van der Waals surface area (Å²) in [5.41, 5.74) is 1.95. The molecule has 5 heteroatoms. The molecule has 0 atom stereocenters. The van der Waals surface area contributed by atoms with Crippen LogP contribution in [-0.4, -0.2) is 28.5 Å². The highest BCUT2D eigenvalue weighted by Crippen LogP contribution is 2.47. The fraction of sp³-hybridized carbons (Fsp3) is 0.571. The minimum Gasteiger partial charge on any atom is -0.477 e. The van der Waals surface area contributed by atoms with Gasteiger partial charge >= 0.3 is 5.97 Å². The molecule has 1 heterocycles. The van der Waals surface area contributed by atoms with Crippen molar-refractivity contribution in [2.24, 2.45) is 5.41 Å². The third kappa shape index (κ3) is 2.50. The lowest BCUT2D eigenvalue weighted by Gasteiger charge is -2.13. The summed E-state index contributed by atoms with van der Waals surface area (Å²) in [6.07, 6.45) is 3.39. The Morgan fingerprint density at radius 2 is 2.00 bits per heavy atom. The second-order valence-electron chi connectivity index (χ2n) is 5.47. The van der Waals surface area contributed by atoms with E-state index in [4.69, 9.17) is 5.11 Å². The molecule has 0 radical (unpaired) electrons. The van der Waals surface area contributed by atoms with Crippen LogP contribution in [0.25, 0.3) is 0 Å². The van der Waals surface area contributed by atoms with Crippen molar-refractivity contribution in [2.75, 3.05) is 6.54 Å². The summed E-state index contributed by atoms with van der Waals surface area (Å²) in [4.78, 5) is 26.0. The molecule has 2 rings (SSSR count). The van der Waals surface area contributed by atoms with Gasteiger partial charge in [0.05, 0.1) is 5.56 Å². The maximum absolute atomic E-state index is 12.2. The summed E-state index contributed by atoms with van der Waals surface area (Å²) < 4.78 is 0. The Hall–Kier alpha value is -1.78. The molecule has 1 amide bonds. The molecule has 1 aliphatic rings. The number of carboxylic acids is 1. The number of aromatic carboxylic acids is 1. The fourth-order valence-electron chi connectivity index (χ4n) is 2.49. The SMILES string of the molecule is CCC1(CNC(=O)c2c(C)[nH]c(C(=O)O)c2C)CC1. The Morgan fingerprint density at radius 3 is 2.42 bits per heavy atom. The van der Waals surface area contributed by atoms with Gasteiger partial charge in [-0.2, -0.15) is 0 Å². The summed E-state index contributed by atoms with van der Waals surface area (Å²) in [6, 6.07) is 0. The molecular weight excluding hydrogens is 244 g/mol. The average Bonchev–Trinajstić information content (AvgIpc) is 3.07. The van der Waals surface area contributed by atoms with Gasteiger partial charge in [0.2, 0.25) is 0 Å². The molecule has 0 saturated heterocycles. The number of carbonyl (C=O) groups is 2. The number of hydrogen-bond acceptors (Lipinski definition) is 2. The van der Waals surface area contributed by atoms with Gasteiger partial charge in [-0.05, 0) is 44.1 Å². The lowest BCUT2D eigenvalue weighted by Crippen LogP contribution is -2.30. The predicted octanol–water partition coefficient (Wildman–Crippen LogP) is 2.25. The Labute approximate surface area is 112 Å². The van der Waals surface area contributed by atoms with E-state index in [0.29, 0.717) is 23.4 Å². The first kappa shape index (κ1) is 13.6. The van der Waals surface area contributed by atoms with Crippen LogP contribution in [0.5, 0.6) is 0 Å². The van der Waals surface area contributed by atoms with E-state index < -0.39 is 5.97 Å². The van der Waals surface area contributed by atoms with Crippen molar-refractivity contribution >= 4 is 11.9 Å². The van der Waals surface area contributed by atoms with Gasteiger partial charge in [0.1, 0.15) is 5.69 Å². The first-order valence-electron chi connectivity index (χ1n) is 6.61. The lowest BCUT2D eigenvalue weighted by molar-refractivity contribution is 0.0690. The highest BCUT2D eigenvalue weighted by molar-refractivity contribution is 6.00. The van der Waals surface area contributed by atoms with Gasteiger partial charge in [0.25, 0.3) is 5.91 Å². The van der Waals surface area contributed by atoms with Crippen LogP contribution in [0.2, 0.25) is 0 Å². The number of carbonyl (C=O) groups excluding carboxylic acids is 1. The number of aromatic amines is 1. The molecule has 5 nitrogen and oxygen atoms in total. The number of carboxylic acid groups (broad SMARTS) is 1. The minimum absolute atomic E-state index is 0.0966. The largest absolute Gasteiger partial charge is 0.477 e. The zero-order valence-corrected chi connectivity index (χ0v) is 11.6. The second-order valence-corrected chi connectivity index (χ2v) is 5.47. The van der Waals surface area contributed by atoms with Crippen molar-refractivity contribution in [1.82, 2.24) is 10.3 Å². The predicted molar refractivity (Wildman–Crippen MR) is 71.5 cm³/mol. The van der Waals surface area contributed by atoms with Crippen molar-refractivity contribution in [3.8, 4) is 0 Å². The highest BCUT2D eigenvalue weighted by Gasteiger charge is 2.40. The van der Waals surface area contributed by atoms with Crippen LogP contribution in [0, 0.1) is 19.3 Å². The maximum Gasteiger partial charge on any atom is 0.352 e. The summed E-state index contributed by atoms with van der Waals surface area (Å²) in [7, 11) is 0. The van der Waals surface area contributed by atoms with Gasteiger partial charge in [-0.3, -0.25) is 4.79 Å². The van der Waals surface area contributed by atoms with E-state index in [1.54, 1.807) is 13.8 Å². The first-order chi connectivity index (χ1) is 8.90. The van der Waals surface area contributed by atoms with Gasteiger partial charge < -0.3 is 15.4 Å². The van der Waals surface area contributed by atoms with Crippen LogP contribution in [-0.2, 0) is 0 Å². The molecule has 0 unspecified atom stereocenters. The van der Waals surface area contributed by atoms with Gasteiger partial charge in [-0.25, -0.2) is 4.79 Å². The number of rotatable bonds is 5. The van der Waals surface area contributed by atoms with Crippen molar-refractivity contribution in [3.63, 3.8) is 0 Å². The van der Waals surface area contributed by atoms with Crippen LogP contribution in [0.4, 0.5) is 0 Å². The number of aromatic nitrogens is 1. The molecule has 0 bridgehead atoms. The zero-order valence-electron chi connectivity index (χ0n) is 11.6. The quantitative estimate of drug-likeness (QED) is 0.762. The molecule has 0 spiro atoms. The second kappa shape index (κ2) is 4.72. The van der Waals surface area contributed by atoms with E-state index in [1.807, 2.05) is 0 Å². The van der Waals surface area contributed by atoms with E-state index in [9.17, 15) is 9.59 Å². The van der Waals surface area contributed by atoms with E-state index in [2.05, 4.69) is 17.2 Å². The Bertz CT molecular complexity index is 527. The number of nitrogens with one attached hydrogen (secondary N) is 2. The van der Waals surface area contributed by atoms with Gasteiger partial charge in [-0.1, -0.05) is 6.92 Å². The Balaban J connectivity index is 2.13. The third-order valence-electron chi connectivity index (χ3n) is 4.21. The highest BCUT2D eigenvalue weighted by atomic mass is 16.4. The molecule has 1 saturated carbocycles. The van der Waals surface area contributed by atoms with Crippen molar-refractivity contribution in [3.05, 3.63) is 22.5 Å². The molecule has 0 aliphatic heterocycles. The monoisotopic (exact) mass is 264 g/mol. The van der Waals surface area contributed by atoms with E-state index in [0.717, 1.165) is 19.3 Å². The molecule has 1 aromatic heterocycles. The molecule has 1 aliphatic carbocycles. The number of aryl methyl sites for hydroxylation is 1. The van der Waals surface area contributed by atoms with Crippen LogP contribution < -0.4 is 5.32 Å². The first-order valence-corrected chi connectivity index (χ1v) is 6.61. The smallest absolute Gasteiger partial charge is 0.352 e. The van der Waals surface area contributed by atoms with Gasteiger partial charge in [-0.15, -0.1) is 0 Å². The summed E-state index contributed by atoms with van der Waals surface area (Å²) in [5, 5.41) is 12.0. The molecular formula is C14H20N2O3. The third-order valence-corrected chi connectivity index (χ3v) is 4.21. The number of H-pyrrole nitrogens is 1. The zero-order chi connectivity index (χ0) is 14.2. The van der Waals surface area contributed by atoms with Crippen LogP contribution in [0.15, 0.2) is 0 Å². The summed E-state index contributed by atoms with van der Waals surface area (Å²) >= 11 is 0. The van der Waals surface area contributed by atoms with Crippen molar-refractivity contribution < 1.29 is 14.7 Å². The van der Waals surface area contributed by atoms with Gasteiger partial charge in [0.15, 0.2) is 0 Å². The molecule has 3 N–H and O–H groups in total. The van der Waals surface area contributed by atoms with Crippen LogP contribution in [0.1, 0.15) is 58.3 Å². The molecule has 19 heavy (non-hydrogen) atoms. The fourth-order valence-corrected chi connectivity index (χ4v) is 2.49. The lowest BCUT2D eigenvalue weighted by atomic mass is 10.0. The summed E-state index contributed by atoms with van der Waals surface area (Å²) in [5.74, 6) is -1.22.